The van der Waals surface area contributed by atoms with Crippen molar-refractivity contribution in [3.63, 3.8) is 0 Å². The molecule has 1 amide bonds. The van der Waals surface area contributed by atoms with Crippen LogP contribution in [0.25, 0.3) is 5.69 Å². The van der Waals surface area contributed by atoms with Crippen LogP contribution in [0.1, 0.15) is 16.1 Å². The van der Waals surface area contributed by atoms with Crippen LogP contribution in [0.4, 0.5) is 0 Å². The zero-order chi connectivity index (χ0) is 15.2. The predicted octanol–water partition coefficient (Wildman–Crippen LogP) is 1.47. The highest BCUT2D eigenvalue weighted by atomic mass is 79.9. The first-order chi connectivity index (χ1) is 10.1. The molecule has 0 radical (unpaired) electrons. The van der Waals surface area contributed by atoms with Crippen molar-refractivity contribution >= 4 is 21.8 Å². The largest absolute Gasteiger partial charge is 0.383 e. The summed E-state index contributed by atoms with van der Waals surface area (Å²) in [5.41, 5.74) is 7.43. The second-order valence-corrected chi connectivity index (χ2v) is 5.37. The second-order valence-electron chi connectivity index (χ2n) is 4.45. The lowest BCUT2D eigenvalue weighted by Crippen LogP contribution is -2.19. The molecule has 0 aliphatic rings. The van der Waals surface area contributed by atoms with Gasteiger partial charge in [-0.2, -0.15) is 5.10 Å². The summed E-state index contributed by atoms with van der Waals surface area (Å²) in [6.07, 6.45) is 1.72. The van der Waals surface area contributed by atoms with Gasteiger partial charge in [0, 0.05) is 30.9 Å². The Morgan fingerprint density at radius 2 is 2.29 bits per heavy atom. The molecule has 0 bridgehead atoms. The van der Waals surface area contributed by atoms with E-state index in [0.29, 0.717) is 13.2 Å². The van der Waals surface area contributed by atoms with E-state index in [2.05, 4.69) is 26.3 Å². The number of nitrogens with two attached hydrogens (primary N) is 1. The molecule has 0 atom stereocenters. The molecule has 0 unspecified atom stereocenters. The van der Waals surface area contributed by atoms with Gasteiger partial charge in [0.25, 0.3) is 5.91 Å². The van der Waals surface area contributed by atoms with Gasteiger partial charge in [-0.05, 0) is 23.8 Å². The number of nitrogens with zero attached hydrogens (tertiary/aromatic N) is 2. The third-order valence-corrected chi connectivity index (χ3v) is 3.43. The molecular weight excluding hydrogens is 336 g/mol. The molecule has 21 heavy (non-hydrogen) atoms. The van der Waals surface area contributed by atoms with Crippen LogP contribution in [0.5, 0.6) is 0 Å². The van der Waals surface area contributed by atoms with Gasteiger partial charge in [0.2, 0.25) is 0 Å². The summed E-state index contributed by atoms with van der Waals surface area (Å²) in [5.74, 6) is -0.538. The maximum atomic E-state index is 11.2. The molecule has 0 aliphatic heterocycles. The van der Waals surface area contributed by atoms with Crippen LogP contribution in [0.15, 0.2) is 34.9 Å². The van der Waals surface area contributed by atoms with Crippen molar-refractivity contribution in [1.29, 1.82) is 0 Å². The van der Waals surface area contributed by atoms with Gasteiger partial charge in [0.05, 0.1) is 12.3 Å². The van der Waals surface area contributed by atoms with Crippen LogP contribution in [-0.2, 0) is 11.3 Å². The van der Waals surface area contributed by atoms with Crippen LogP contribution in [0, 0.1) is 0 Å². The first-order valence-corrected chi connectivity index (χ1v) is 7.25. The van der Waals surface area contributed by atoms with Crippen molar-refractivity contribution in [1.82, 2.24) is 15.1 Å². The number of ether oxygens (including phenoxy) is 1. The third-order valence-electron chi connectivity index (χ3n) is 2.93. The van der Waals surface area contributed by atoms with Crippen molar-refractivity contribution in [2.75, 3.05) is 20.3 Å². The molecule has 1 aromatic carbocycles. The van der Waals surface area contributed by atoms with Gasteiger partial charge in [0.1, 0.15) is 5.69 Å². The first kappa shape index (κ1) is 15.7. The number of carbonyl (C=O) groups excluding carboxylic acids is 1. The molecule has 2 aromatic rings. The molecule has 0 saturated carbocycles. The summed E-state index contributed by atoms with van der Waals surface area (Å²) in [6.45, 7) is 2.09. The van der Waals surface area contributed by atoms with Crippen molar-refractivity contribution in [3.8, 4) is 5.69 Å². The number of nitrogens with one attached hydrogen (secondary N) is 1. The number of hydrogen-bond acceptors (Lipinski definition) is 4. The number of benzene rings is 1. The van der Waals surface area contributed by atoms with Crippen LogP contribution >= 0.6 is 15.9 Å². The van der Waals surface area contributed by atoms with E-state index in [1.165, 1.54) is 0 Å². The Morgan fingerprint density at radius 1 is 1.48 bits per heavy atom. The van der Waals surface area contributed by atoms with Crippen LogP contribution in [0.2, 0.25) is 0 Å². The van der Waals surface area contributed by atoms with E-state index in [-0.39, 0.29) is 5.69 Å². The number of rotatable bonds is 7. The minimum absolute atomic E-state index is 0.244. The van der Waals surface area contributed by atoms with E-state index in [9.17, 15) is 4.79 Å². The monoisotopic (exact) mass is 352 g/mol. The number of primary amides is 1. The highest BCUT2D eigenvalue weighted by molar-refractivity contribution is 9.10. The number of hydrogen-bond donors (Lipinski definition) is 2. The standard InChI is InChI=1S/C14H17BrN4O2/c1-21-7-5-17-9-10-2-3-11(15)8-13(10)19-6-4-12(18-19)14(16)20/h2-4,6,8,17H,5,7,9H2,1H3,(H2,16,20). The summed E-state index contributed by atoms with van der Waals surface area (Å²) >= 11 is 3.45. The fraction of sp³-hybridized carbons (Fsp3) is 0.286. The summed E-state index contributed by atoms with van der Waals surface area (Å²) < 4.78 is 7.59. The number of methoxy groups -OCH3 is 1. The van der Waals surface area contributed by atoms with Gasteiger partial charge in [-0.25, -0.2) is 4.68 Å². The van der Waals surface area contributed by atoms with Gasteiger partial charge in [0.15, 0.2) is 0 Å². The minimum atomic E-state index is -0.538. The number of amides is 1. The Morgan fingerprint density at radius 3 is 2.95 bits per heavy atom. The molecule has 3 N–H and O–H groups in total. The van der Waals surface area contributed by atoms with Crippen molar-refractivity contribution < 1.29 is 9.53 Å². The van der Waals surface area contributed by atoms with E-state index in [1.807, 2.05) is 18.2 Å². The van der Waals surface area contributed by atoms with Gasteiger partial charge < -0.3 is 15.8 Å². The average Bonchev–Trinajstić information content (AvgIpc) is 2.94. The summed E-state index contributed by atoms with van der Waals surface area (Å²) in [4.78, 5) is 11.2. The van der Waals surface area contributed by atoms with E-state index in [0.717, 1.165) is 22.3 Å². The van der Waals surface area contributed by atoms with Gasteiger partial charge in [-0.1, -0.05) is 22.0 Å². The molecule has 0 saturated heterocycles. The molecule has 7 heteroatoms. The van der Waals surface area contributed by atoms with Crippen LogP contribution in [0.3, 0.4) is 0 Å². The molecule has 2 rings (SSSR count). The van der Waals surface area contributed by atoms with Crippen LogP contribution < -0.4 is 11.1 Å². The van der Waals surface area contributed by atoms with Crippen molar-refractivity contribution in [2.24, 2.45) is 5.73 Å². The van der Waals surface area contributed by atoms with Crippen molar-refractivity contribution in [3.05, 3.63) is 46.2 Å². The second kappa shape index (κ2) is 7.35. The lowest BCUT2D eigenvalue weighted by molar-refractivity contribution is 0.0995. The highest BCUT2D eigenvalue weighted by Crippen LogP contribution is 2.20. The lowest BCUT2D eigenvalue weighted by Gasteiger charge is -2.11. The number of carbonyl (C=O) groups is 1. The molecule has 6 nitrogen and oxygen atoms in total. The predicted molar refractivity (Wildman–Crippen MR) is 83.4 cm³/mol. The SMILES string of the molecule is COCCNCc1ccc(Br)cc1-n1ccc(C(N)=O)n1. The first-order valence-electron chi connectivity index (χ1n) is 6.45. The molecule has 112 valence electrons. The normalized spacial score (nSPS) is 10.8. The number of aromatic nitrogens is 2. The van der Waals surface area contributed by atoms with Crippen molar-refractivity contribution in [2.45, 2.75) is 6.54 Å². The Kier molecular flexibility index (Phi) is 5.49. The zero-order valence-corrected chi connectivity index (χ0v) is 13.3. The lowest BCUT2D eigenvalue weighted by atomic mass is 10.2. The molecule has 0 fully saturated rings. The Balaban J connectivity index is 2.23. The quantitative estimate of drug-likeness (QED) is 0.739. The smallest absolute Gasteiger partial charge is 0.269 e. The Labute approximate surface area is 131 Å². The fourth-order valence-corrected chi connectivity index (χ4v) is 2.24. The molecular formula is C14H17BrN4O2. The summed E-state index contributed by atoms with van der Waals surface area (Å²) in [7, 11) is 1.67. The Bertz CT molecular complexity index is 627. The maximum Gasteiger partial charge on any atom is 0.269 e. The fourth-order valence-electron chi connectivity index (χ4n) is 1.89. The molecule has 1 aromatic heterocycles. The highest BCUT2D eigenvalue weighted by Gasteiger charge is 2.10. The molecule has 0 aliphatic carbocycles. The van der Waals surface area contributed by atoms with E-state index in [1.54, 1.807) is 24.1 Å². The summed E-state index contributed by atoms with van der Waals surface area (Å²) in [6, 6.07) is 7.52. The Hall–Kier alpha value is -1.70. The minimum Gasteiger partial charge on any atom is -0.383 e. The zero-order valence-electron chi connectivity index (χ0n) is 11.7. The molecule has 0 spiro atoms. The van der Waals surface area contributed by atoms with E-state index >= 15 is 0 Å². The van der Waals surface area contributed by atoms with Gasteiger partial charge in [-0.15, -0.1) is 0 Å². The average molecular weight is 353 g/mol. The number of halogens is 1. The molecule has 1 heterocycles. The third kappa shape index (κ3) is 4.13. The van der Waals surface area contributed by atoms with Gasteiger partial charge >= 0.3 is 0 Å². The van der Waals surface area contributed by atoms with E-state index < -0.39 is 5.91 Å². The summed E-state index contributed by atoms with van der Waals surface area (Å²) in [5, 5.41) is 7.48. The topological polar surface area (TPSA) is 82.2 Å². The van der Waals surface area contributed by atoms with E-state index in [4.69, 9.17) is 10.5 Å². The maximum absolute atomic E-state index is 11.2. The van der Waals surface area contributed by atoms with Crippen LogP contribution in [-0.4, -0.2) is 35.9 Å². The van der Waals surface area contributed by atoms with Gasteiger partial charge in [-0.3, -0.25) is 4.79 Å².